The van der Waals surface area contributed by atoms with Gasteiger partial charge in [-0.1, -0.05) is 142 Å². The summed E-state index contributed by atoms with van der Waals surface area (Å²) in [7, 11) is 0. The van der Waals surface area contributed by atoms with Crippen molar-refractivity contribution in [3.8, 4) is 0 Å². The summed E-state index contributed by atoms with van der Waals surface area (Å²) in [5.41, 5.74) is 0. The Hall–Kier alpha value is -0.200. The summed E-state index contributed by atoms with van der Waals surface area (Å²) < 4.78 is 0. The van der Waals surface area contributed by atoms with Gasteiger partial charge in [0.15, 0.2) is 0 Å². The van der Waals surface area contributed by atoms with Crippen LogP contribution in [0.25, 0.3) is 0 Å². The molecule has 0 spiro atoms. The van der Waals surface area contributed by atoms with E-state index in [1.54, 1.807) is 5.16 Å². The topological polar surface area (TPSA) is 23.9 Å². The molecule has 1 N–H and O–H groups in total. The van der Waals surface area contributed by atoms with Crippen molar-refractivity contribution >= 4 is 17.4 Å². The van der Waals surface area contributed by atoms with Crippen molar-refractivity contribution in [2.24, 2.45) is 0 Å². The summed E-state index contributed by atoms with van der Waals surface area (Å²) in [6.45, 7) is 4.60. The zero-order valence-corrected chi connectivity index (χ0v) is 18.4. The molecule has 0 bridgehead atoms. The van der Waals surface area contributed by atoms with Gasteiger partial charge in [-0.3, -0.25) is 0 Å². The lowest BCUT2D eigenvalue weighted by Gasteiger charge is -2.03. The molecule has 0 aliphatic heterocycles. The van der Waals surface area contributed by atoms with Crippen LogP contribution in [0.4, 0.5) is 0 Å². The number of thiocarbonyl (C=S) groups is 1. The second-order valence-electron chi connectivity index (χ2n) is 7.47. The molecule has 0 aliphatic rings. The van der Waals surface area contributed by atoms with Crippen molar-refractivity contribution < 1.29 is 0 Å². The van der Waals surface area contributed by atoms with E-state index in [1.165, 1.54) is 128 Å². The Bertz CT molecular complexity index is 226. The Morgan fingerprint density at radius 2 is 0.560 bits per heavy atom. The van der Waals surface area contributed by atoms with Crippen LogP contribution < -0.4 is 0 Å². The summed E-state index contributed by atoms with van der Waals surface area (Å²) in [4.78, 5) is 0. The van der Waals surface area contributed by atoms with Crippen LogP contribution in [0.1, 0.15) is 142 Å². The molecule has 0 atom stereocenters. The van der Waals surface area contributed by atoms with Gasteiger partial charge in [-0.05, 0) is 12.2 Å². The van der Waals surface area contributed by atoms with E-state index in [4.69, 9.17) is 5.41 Å². The van der Waals surface area contributed by atoms with Crippen LogP contribution >= 0.6 is 12.2 Å². The van der Waals surface area contributed by atoms with Crippen LogP contribution in [0, 0.1) is 5.41 Å². The van der Waals surface area contributed by atoms with Crippen molar-refractivity contribution in [1.29, 1.82) is 5.41 Å². The zero-order valence-electron chi connectivity index (χ0n) is 17.6. The fourth-order valence-corrected chi connectivity index (χ4v) is 3.33. The summed E-state index contributed by atoms with van der Waals surface area (Å²) in [6.07, 6.45) is 29.4. The van der Waals surface area contributed by atoms with E-state index in [-0.39, 0.29) is 0 Å². The summed E-state index contributed by atoms with van der Waals surface area (Å²) >= 11 is 3.81. The second-order valence-corrected chi connectivity index (χ2v) is 7.67. The highest BCUT2D eigenvalue weighted by atomic mass is 32.1. The van der Waals surface area contributed by atoms with Crippen molar-refractivity contribution in [3.63, 3.8) is 0 Å². The van der Waals surface area contributed by atoms with Crippen molar-refractivity contribution in [3.05, 3.63) is 0 Å². The Labute approximate surface area is 165 Å². The first-order valence-electron chi connectivity index (χ1n) is 11.4. The predicted molar refractivity (Wildman–Crippen MR) is 119 cm³/mol. The molecule has 0 aliphatic carbocycles. The molecule has 0 amide bonds. The van der Waals surface area contributed by atoms with Gasteiger partial charge in [-0.25, -0.2) is 5.41 Å². The molecule has 0 fully saturated rings. The van der Waals surface area contributed by atoms with E-state index in [0.717, 1.165) is 0 Å². The molecule has 0 saturated heterocycles. The van der Waals surface area contributed by atoms with Gasteiger partial charge in [0.05, 0.1) is 5.16 Å². The average Bonchev–Trinajstić information content (AvgIpc) is 2.61. The molecule has 2 heteroatoms. The first-order valence-corrected chi connectivity index (χ1v) is 11.8. The average molecular weight is 370 g/mol. The monoisotopic (exact) mass is 369 g/mol. The minimum atomic E-state index is 1.37. The fraction of sp³-hybridized carbons (Fsp3) is 0.957. The van der Waals surface area contributed by atoms with Gasteiger partial charge >= 0.3 is 0 Å². The normalized spacial score (nSPS) is 10.2. The molecule has 0 heterocycles. The van der Waals surface area contributed by atoms with Gasteiger partial charge in [0.25, 0.3) is 0 Å². The molecule has 1 nitrogen and oxygen atoms in total. The van der Waals surface area contributed by atoms with E-state index in [0.29, 0.717) is 0 Å². The van der Waals surface area contributed by atoms with Gasteiger partial charge < -0.3 is 0 Å². The van der Waals surface area contributed by atoms with Gasteiger partial charge in [0.1, 0.15) is 0 Å². The van der Waals surface area contributed by atoms with Crippen LogP contribution in [-0.4, -0.2) is 5.16 Å². The second kappa shape index (κ2) is 28.6. The summed E-state index contributed by atoms with van der Waals surface area (Å²) in [5.74, 6) is 0. The molecule has 150 valence electrons. The van der Waals surface area contributed by atoms with E-state index in [2.05, 4.69) is 26.1 Å². The minimum absolute atomic E-state index is 1.37. The number of rotatable bonds is 19. The Morgan fingerprint density at radius 1 is 0.440 bits per heavy atom. The molecule has 0 radical (unpaired) electrons. The van der Waals surface area contributed by atoms with Crippen LogP contribution in [0.2, 0.25) is 0 Å². The largest absolute Gasteiger partial charge is 0.248 e. The number of isothiocyanates is 1. The molecular weight excluding hydrogens is 322 g/mol. The maximum Gasteiger partial charge on any atom is 0.0554 e. The van der Waals surface area contributed by atoms with Gasteiger partial charge in [0, 0.05) is 0 Å². The zero-order chi connectivity index (χ0) is 18.8. The van der Waals surface area contributed by atoms with Crippen molar-refractivity contribution in [2.45, 2.75) is 142 Å². The molecule has 0 rings (SSSR count). The number of hydrogen-bond acceptors (Lipinski definition) is 2. The lowest BCUT2D eigenvalue weighted by molar-refractivity contribution is 0.523. The number of nitrogens with one attached hydrogen (secondary N) is 1. The Balaban J connectivity index is 0. The van der Waals surface area contributed by atoms with Gasteiger partial charge in [0.2, 0.25) is 0 Å². The number of unbranched alkanes of at least 4 members (excludes halogenated alkanes) is 19. The lowest BCUT2D eigenvalue weighted by Crippen LogP contribution is -1.84. The van der Waals surface area contributed by atoms with Crippen LogP contribution in [0.15, 0.2) is 0 Å². The maximum absolute atomic E-state index is 5.77. The highest BCUT2D eigenvalue weighted by molar-refractivity contribution is 7.78. The third kappa shape index (κ3) is 32.0. The van der Waals surface area contributed by atoms with E-state index in [1.807, 2.05) is 0 Å². The first kappa shape index (κ1) is 27.0. The maximum atomic E-state index is 5.77. The smallest absolute Gasteiger partial charge is 0.0554 e. The van der Waals surface area contributed by atoms with Crippen molar-refractivity contribution in [2.75, 3.05) is 0 Å². The van der Waals surface area contributed by atoms with E-state index in [9.17, 15) is 0 Å². The Morgan fingerprint density at radius 3 is 0.680 bits per heavy atom. The summed E-state index contributed by atoms with van der Waals surface area (Å²) in [6, 6.07) is 0. The first-order chi connectivity index (χ1) is 12.3. The van der Waals surface area contributed by atoms with Gasteiger partial charge in [-0.15, -0.1) is 0 Å². The summed E-state index contributed by atoms with van der Waals surface area (Å²) in [5, 5.41) is 7.36. The standard InChI is InChI=1S/C22H46.CHNS/c1-3-5-7-9-11-13-15-17-19-21-22-20-18-16-14-12-10-8-6-4-2;2-1-3/h3-22H2,1-2H3;2H. The Kier molecular flexibility index (Phi) is 30.9. The van der Waals surface area contributed by atoms with E-state index >= 15 is 0 Å². The van der Waals surface area contributed by atoms with Gasteiger partial charge in [-0.2, -0.15) is 0 Å². The van der Waals surface area contributed by atoms with E-state index < -0.39 is 0 Å². The molecule has 0 aromatic heterocycles. The lowest BCUT2D eigenvalue weighted by atomic mass is 10.0. The third-order valence-corrected chi connectivity index (χ3v) is 4.96. The van der Waals surface area contributed by atoms with Crippen LogP contribution in [0.5, 0.6) is 0 Å². The SMILES string of the molecule is CCCCCCCCCCCCCCCCCCCCCC.N=C=S. The molecular formula is C23H47NS. The quantitative estimate of drug-likeness (QED) is 0.137. The molecule has 0 aromatic rings. The minimum Gasteiger partial charge on any atom is -0.248 e. The highest BCUT2D eigenvalue weighted by Gasteiger charge is 1.94. The number of hydrogen-bond donors (Lipinski definition) is 1. The molecule has 25 heavy (non-hydrogen) atoms. The van der Waals surface area contributed by atoms with Crippen LogP contribution in [0.3, 0.4) is 0 Å². The molecule has 0 saturated carbocycles. The van der Waals surface area contributed by atoms with Crippen LogP contribution in [-0.2, 0) is 0 Å². The fourth-order valence-electron chi connectivity index (χ4n) is 3.33. The highest BCUT2D eigenvalue weighted by Crippen LogP contribution is 2.14. The third-order valence-electron chi connectivity index (χ3n) is 4.96. The molecule has 0 aromatic carbocycles. The molecule has 0 unspecified atom stereocenters. The van der Waals surface area contributed by atoms with Crippen molar-refractivity contribution in [1.82, 2.24) is 0 Å². The predicted octanol–water partition coefficient (Wildman–Crippen LogP) is 9.50.